The molecular weight excluding hydrogens is 358 g/mol. The van der Waals surface area contributed by atoms with Gasteiger partial charge in [-0.25, -0.2) is 0 Å². The van der Waals surface area contributed by atoms with Crippen molar-refractivity contribution in [2.45, 2.75) is 38.6 Å². The molecule has 0 spiro atoms. The third-order valence-corrected chi connectivity index (χ3v) is 6.94. The third-order valence-electron chi connectivity index (χ3n) is 6.19. The number of aromatic nitrogens is 3. The highest BCUT2D eigenvalue weighted by molar-refractivity contribution is 7.15. The summed E-state index contributed by atoms with van der Waals surface area (Å²) >= 11 is 1.42. The van der Waals surface area contributed by atoms with Gasteiger partial charge < -0.3 is 15.2 Å². The first-order chi connectivity index (χ1) is 13.0. The summed E-state index contributed by atoms with van der Waals surface area (Å²) in [5.74, 6) is 0.388. The minimum atomic E-state index is -0.0442. The molecule has 2 aliphatic rings. The van der Waals surface area contributed by atoms with Crippen LogP contribution in [-0.2, 0) is 11.2 Å². The van der Waals surface area contributed by atoms with Gasteiger partial charge in [-0.15, -0.1) is 10.2 Å². The number of aromatic amines is 1. The molecule has 1 saturated heterocycles. The summed E-state index contributed by atoms with van der Waals surface area (Å²) in [5.41, 5.74) is 5.33. The minimum absolute atomic E-state index is 0.0442. The monoisotopic (exact) mass is 381 g/mol. The smallest absolute Gasteiger partial charge is 0.230 e. The Morgan fingerprint density at radius 1 is 1.33 bits per heavy atom. The predicted molar refractivity (Wildman–Crippen MR) is 107 cm³/mol. The van der Waals surface area contributed by atoms with Gasteiger partial charge in [-0.1, -0.05) is 23.5 Å². The van der Waals surface area contributed by atoms with Crippen LogP contribution in [-0.4, -0.2) is 45.6 Å². The molecule has 1 aliphatic carbocycles. The van der Waals surface area contributed by atoms with E-state index < -0.39 is 0 Å². The van der Waals surface area contributed by atoms with Gasteiger partial charge >= 0.3 is 0 Å². The maximum Gasteiger partial charge on any atom is 0.230 e. The largest absolute Gasteiger partial charge is 0.358 e. The van der Waals surface area contributed by atoms with Gasteiger partial charge in [-0.05, 0) is 50.9 Å². The number of hydrogen-bond acceptors (Lipinski definition) is 5. The van der Waals surface area contributed by atoms with E-state index in [-0.39, 0.29) is 11.8 Å². The van der Waals surface area contributed by atoms with Gasteiger partial charge in [0.15, 0.2) is 0 Å². The number of nitrogens with zero attached hydrogens (tertiary/aromatic N) is 3. The molecule has 5 rings (SSSR count). The van der Waals surface area contributed by atoms with Crippen molar-refractivity contribution < 1.29 is 4.79 Å². The number of likely N-dealkylation sites (N-methyl/N-ethyl adjacent to an activating group) is 1. The van der Waals surface area contributed by atoms with Gasteiger partial charge in [-0.2, -0.15) is 0 Å². The second-order valence-electron chi connectivity index (χ2n) is 7.86. The number of anilines is 1. The lowest BCUT2D eigenvalue weighted by molar-refractivity contribution is -0.122. The number of carbonyl (C=O) groups excluding carboxylic acids is 1. The Morgan fingerprint density at radius 2 is 2.19 bits per heavy atom. The fraction of sp³-hybridized carbons (Fsp3) is 0.450. The second-order valence-corrected chi connectivity index (χ2v) is 9.05. The van der Waals surface area contributed by atoms with E-state index in [1.54, 1.807) is 0 Å². The Hall–Kier alpha value is -2.25. The quantitative estimate of drug-likeness (QED) is 0.715. The third kappa shape index (κ3) is 2.68. The maximum absolute atomic E-state index is 12.9. The fourth-order valence-corrected chi connectivity index (χ4v) is 5.55. The van der Waals surface area contributed by atoms with Gasteiger partial charge in [0.05, 0.1) is 5.92 Å². The summed E-state index contributed by atoms with van der Waals surface area (Å²) in [6.07, 6.45) is 1.93. The van der Waals surface area contributed by atoms with Crippen LogP contribution >= 0.6 is 11.3 Å². The van der Waals surface area contributed by atoms with Crippen molar-refractivity contribution in [3.8, 4) is 0 Å². The number of fused-ring (bicyclic) bond motifs is 2. The summed E-state index contributed by atoms with van der Waals surface area (Å²) in [6.45, 7) is 4.84. The number of benzene rings is 1. The summed E-state index contributed by atoms with van der Waals surface area (Å²) in [7, 11) is 2.15. The first-order valence-corrected chi connectivity index (χ1v) is 10.2. The average molecular weight is 382 g/mol. The van der Waals surface area contributed by atoms with Crippen molar-refractivity contribution in [1.82, 2.24) is 20.1 Å². The summed E-state index contributed by atoms with van der Waals surface area (Å²) in [5, 5.41) is 13.8. The van der Waals surface area contributed by atoms with E-state index >= 15 is 0 Å². The van der Waals surface area contributed by atoms with Crippen molar-refractivity contribution in [1.29, 1.82) is 0 Å². The lowest BCUT2D eigenvalue weighted by Crippen LogP contribution is -2.50. The van der Waals surface area contributed by atoms with Crippen molar-refractivity contribution >= 4 is 33.3 Å². The van der Waals surface area contributed by atoms with Crippen LogP contribution in [0.4, 0.5) is 5.13 Å². The molecule has 2 aromatic heterocycles. The number of carbonyl (C=O) groups is 1. The lowest BCUT2D eigenvalue weighted by Gasteiger charge is -2.45. The first kappa shape index (κ1) is 16.9. The van der Waals surface area contributed by atoms with Gasteiger partial charge in [0.2, 0.25) is 11.0 Å². The van der Waals surface area contributed by atoms with Crippen LogP contribution in [0, 0.1) is 19.8 Å². The molecule has 3 aromatic rings. The number of aryl methyl sites for hydroxylation is 2. The number of hydrogen-bond donors (Lipinski definition) is 2. The molecular formula is C20H23N5OS. The molecule has 7 heteroatoms. The second kappa shape index (κ2) is 6.14. The molecule has 3 heterocycles. The predicted octanol–water partition coefficient (Wildman–Crippen LogP) is 3.23. The molecule has 1 aliphatic heterocycles. The van der Waals surface area contributed by atoms with E-state index in [0.717, 1.165) is 24.4 Å². The molecule has 27 heavy (non-hydrogen) atoms. The number of likely N-dealkylation sites (tertiary alicyclic amines) is 1. The summed E-state index contributed by atoms with van der Waals surface area (Å²) in [4.78, 5) is 18.8. The highest BCUT2D eigenvalue weighted by Gasteiger charge is 2.42. The molecule has 2 N–H and O–H groups in total. The van der Waals surface area contributed by atoms with E-state index in [1.807, 2.05) is 6.92 Å². The highest BCUT2D eigenvalue weighted by atomic mass is 32.1. The Bertz CT molecular complexity index is 1040. The van der Waals surface area contributed by atoms with Crippen LogP contribution in [0.3, 0.4) is 0 Å². The minimum Gasteiger partial charge on any atom is -0.358 e. The van der Waals surface area contributed by atoms with Crippen molar-refractivity contribution in [2.24, 2.45) is 5.92 Å². The molecule has 0 saturated carbocycles. The molecule has 1 unspecified atom stereocenters. The Morgan fingerprint density at radius 3 is 2.96 bits per heavy atom. The zero-order valence-corrected chi connectivity index (χ0v) is 16.6. The van der Waals surface area contributed by atoms with Crippen molar-refractivity contribution in [2.75, 3.05) is 18.9 Å². The Kier molecular flexibility index (Phi) is 3.84. The Balaban J connectivity index is 1.46. The van der Waals surface area contributed by atoms with Crippen LogP contribution in [0.25, 0.3) is 10.9 Å². The molecule has 1 fully saturated rings. The molecule has 140 valence electrons. The molecule has 0 radical (unpaired) electrons. The number of piperidine rings is 1. The average Bonchev–Trinajstić information content (AvgIpc) is 3.19. The van der Waals surface area contributed by atoms with E-state index in [9.17, 15) is 4.79 Å². The van der Waals surface area contributed by atoms with Gasteiger partial charge in [0.25, 0.3) is 0 Å². The summed E-state index contributed by atoms with van der Waals surface area (Å²) in [6, 6.07) is 6.99. The van der Waals surface area contributed by atoms with E-state index in [0.29, 0.717) is 17.1 Å². The van der Waals surface area contributed by atoms with Gasteiger partial charge in [-0.3, -0.25) is 4.79 Å². The van der Waals surface area contributed by atoms with E-state index in [4.69, 9.17) is 0 Å². The standard InChI is InChI=1S/C20H23N5OS/c1-10-14-8-17-15(13-5-4-6-16(21-10)18(13)14)7-12(9-25(17)3)19(26)22-20-24-23-11(2)27-20/h4-6,12,15,17,21H,7-9H2,1-3H3,(H,22,24,26)/t12?,15-,17-/m1/s1. The van der Waals surface area contributed by atoms with Gasteiger partial charge in [0, 0.05) is 35.1 Å². The van der Waals surface area contributed by atoms with Crippen LogP contribution in [0.15, 0.2) is 18.2 Å². The highest BCUT2D eigenvalue weighted by Crippen LogP contribution is 2.45. The molecule has 1 aromatic carbocycles. The van der Waals surface area contributed by atoms with Crippen molar-refractivity contribution in [3.63, 3.8) is 0 Å². The number of nitrogens with one attached hydrogen (secondary N) is 2. The maximum atomic E-state index is 12.9. The lowest BCUT2D eigenvalue weighted by atomic mass is 9.72. The van der Waals surface area contributed by atoms with E-state index in [1.165, 1.54) is 39.1 Å². The van der Waals surface area contributed by atoms with Crippen LogP contribution in [0.1, 0.15) is 34.2 Å². The van der Waals surface area contributed by atoms with Crippen LogP contribution in [0.5, 0.6) is 0 Å². The van der Waals surface area contributed by atoms with Crippen LogP contribution in [0.2, 0.25) is 0 Å². The first-order valence-electron chi connectivity index (χ1n) is 9.42. The Labute approximate surface area is 162 Å². The number of amides is 1. The van der Waals surface area contributed by atoms with Crippen molar-refractivity contribution in [3.05, 3.63) is 40.0 Å². The molecule has 3 atom stereocenters. The molecule has 6 nitrogen and oxygen atoms in total. The van der Waals surface area contributed by atoms with Gasteiger partial charge in [0.1, 0.15) is 5.01 Å². The number of rotatable bonds is 2. The zero-order chi connectivity index (χ0) is 18.7. The molecule has 0 bridgehead atoms. The summed E-state index contributed by atoms with van der Waals surface area (Å²) < 4.78 is 0. The van der Waals surface area contributed by atoms with E-state index in [2.05, 4.69) is 57.6 Å². The van der Waals surface area contributed by atoms with Crippen LogP contribution < -0.4 is 5.32 Å². The SMILES string of the molecule is Cc1nnc(NC(=O)C2C[C@@H]3c4cccc5[nH]c(C)c(c45)C[C@H]3N(C)C2)s1. The topological polar surface area (TPSA) is 73.9 Å². The number of H-pyrrole nitrogens is 1. The molecule has 1 amide bonds. The zero-order valence-electron chi connectivity index (χ0n) is 15.7. The fourth-order valence-electron chi connectivity index (χ4n) is 4.95. The normalized spacial score (nSPS) is 24.8.